The van der Waals surface area contributed by atoms with E-state index in [1.54, 1.807) is 0 Å². The van der Waals surface area contributed by atoms with E-state index in [4.69, 9.17) is 0 Å². The molecule has 0 amide bonds. The number of benzene rings is 1. The van der Waals surface area contributed by atoms with Crippen LogP contribution in [0.4, 0.5) is 0 Å². The molecule has 1 heterocycles. The van der Waals surface area contributed by atoms with Crippen LogP contribution in [-0.4, -0.2) is 16.3 Å². The molecule has 0 saturated heterocycles. The number of likely N-dealkylation sites (N-methyl/N-ethyl adjacent to an activating group) is 1. The van der Waals surface area contributed by atoms with Crippen molar-refractivity contribution in [3.05, 3.63) is 51.3 Å². The molecular weight excluding hydrogens is 326 g/mol. The second-order valence-electron chi connectivity index (χ2n) is 5.39. The Morgan fingerprint density at radius 3 is 2.71 bits per heavy atom. The smallest absolute Gasteiger partial charge is 0.0596 e. The Labute approximate surface area is 135 Å². The van der Waals surface area contributed by atoms with Crippen LogP contribution < -0.4 is 5.32 Å². The second-order valence-corrected chi connectivity index (χ2v) is 6.18. The van der Waals surface area contributed by atoms with Gasteiger partial charge in [-0.2, -0.15) is 5.10 Å². The summed E-state index contributed by atoms with van der Waals surface area (Å²) in [6, 6.07) is 8.95. The predicted molar refractivity (Wildman–Crippen MR) is 91.6 cm³/mol. The number of aromatic nitrogens is 2. The highest BCUT2D eigenvalue weighted by Crippen LogP contribution is 2.29. The zero-order valence-electron chi connectivity index (χ0n) is 13.3. The second kappa shape index (κ2) is 7.23. The van der Waals surface area contributed by atoms with Crippen molar-refractivity contribution in [3.63, 3.8) is 0 Å². The lowest BCUT2D eigenvalue weighted by atomic mass is 10.00. The lowest BCUT2D eigenvalue weighted by Gasteiger charge is -2.21. The molecule has 21 heavy (non-hydrogen) atoms. The van der Waals surface area contributed by atoms with Crippen LogP contribution in [0, 0.1) is 13.8 Å². The van der Waals surface area contributed by atoms with E-state index in [0.29, 0.717) is 6.04 Å². The van der Waals surface area contributed by atoms with Crippen LogP contribution in [0.5, 0.6) is 0 Å². The van der Waals surface area contributed by atoms with Crippen molar-refractivity contribution in [2.75, 3.05) is 6.54 Å². The topological polar surface area (TPSA) is 29.9 Å². The Morgan fingerprint density at radius 1 is 1.29 bits per heavy atom. The van der Waals surface area contributed by atoms with Crippen molar-refractivity contribution >= 4 is 15.9 Å². The molecule has 2 aromatic rings. The molecule has 1 aromatic heterocycles. The number of rotatable bonds is 6. The maximum absolute atomic E-state index is 4.55. The molecule has 0 aliphatic rings. The fraction of sp³-hybridized carbons (Fsp3) is 0.471. The van der Waals surface area contributed by atoms with Crippen molar-refractivity contribution in [2.45, 2.75) is 46.7 Å². The predicted octanol–water partition coefficient (Wildman–Crippen LogP) is 4.18. The van der Waals surface area contributed by atoms with E-state index < -0.39 is 0 Å². The van der Waals surface area contributed by atoms with Gasteiger partial charge in [0.05, 0.1) is 5.69 Å². The number of hydrogen-bond donors (Lipinski definition) is 1. The molecule has 0 radical (unpaired) electrons. The van der Waals surface area contributed by atoms with Crippen molar-refractivity contribution in [1.82, 2.24) is 15.1 Å². The van der Waals surface area contributed by atoms with Gasteiger partial charge in [-0.1, -0.05) is 41.1 Å². The first-order valence-corrected chi connectivity index (χ1v) is 8.37. The fourth-order valence-corrected chi connectivity index (χ4v) is 3.26. The minimum Gasteiger partial charge on any atom is -0.310 e. The van der Waals surface area contributed by atoms with E-state index in [-0.39, 0.29) is 0 Å². The number of nitrogens with zero attached hydrogens (tertiary/aromatic N) is 2. The molecule has 1 aromatic carbocycles. The summed E-state index contributed by atoms with van der Waals surface area (Å²) in [7, 11) is 0. The average molecular weight is 350 g/mol. The van der Waals surface area contributed by atoms with Gasteiger partial charge < -0.3 is 5.32 Å². The Morgan fingerprint density at radius 2 is 2.05 bits per heavy atom. The van der Waals surface area contributed by atoms with Crippen LogP contribution in [0.3, 0.4) is 0 Å². The normalized spacial score (nSPS) is 12.6. The van der Waals surface area contributed by atoms with Gasteiger partial charge in [0.2, 0.25) is 0 Å². The molecule has 0 aliphatic heterocycles. The molecular formula is C17H24BrN3. The molecule has 3 nitrogen and oxygen atoms in total. The van der Waals surface area contributed by atoms with Crippen molar-refractivity contribution in [2.24, 2.45) is 0 Å². The third-order valence-electron chi connectivity index (χ3n) is 3.75. The van der Waals surface area contributed by atoms with Crippen LogP contribution in [0.2, 0.25) is 0 Å². The van der Waals surface area contributed by atoms with Crippen molar-refractivity contribution in [3.8, 4) is 0 Å². The first-order valence-electron chi connectivity index (χ1n) is 7.58. The Balaban J connectivity index is 2.33. The summed E-state index contributed by atoms with van der Waals surface area (Å²) < 4.78 is 3.30. The third-order valence-corrected chi connectivity index (χ3v) is 4.83. The molecule has 0 fully saturated rings. The fourth-order valence-electron chi connectivity index (χ4n) is 2.72. The summed E-state index contributed by atoms with van der Waals surface area (Å²) >= 11 is 3.74. The summed E-state index contributed by atoms with van der Waals surface area (Å²) in [4.78, 5) is 0. The van der Waals surface area contributed by atoms with E-state index >= 15 is 0 Å². The summed E-state index contributed by atoms with van der Waals surface area (Å²) in [6.45, 7) is 10.3. The van der Waals surface area contributed by atoms with Gasteiger partial charge in [-0.3, -0.25) is 4.68 Å². The van der Waals surface area contributed by atoms with Gasteiger partial charge in [-0.05, 0) is 44.5 Å². The van der Waals surface area contributed by atoms with Gasteiger partial charge in [-0.15, -0.1) is 0 Å². The van der Waals surface area contributed by atoms with E-state index in [0.717, 1.165) is 25.2 Å². The van der Waals surface area contributed by atoms with E-state index in [9.17, 15) is 0 Å². The number of halogens is 1. The van der Waals surface area contributed by atoms with Gasteiger partial charge in [0.1, 0.15) is 0 Å². The lowest BCUT2D eigenvalue weighted by molar-refractivity contribution is 0.514. The highest BCUT2D eigenvalue weighted by Gasteiger charge is 2.17. The van der Waals surface area contributed by atoms with Gasteiger partial charge in [0.25, 0.3) is 0 Å². The van der Waals surface area contributed by atoms with Gasteiger partial charge in [0, 0.05) is 29.2 Å². The molecule has 4 heteroatoms. The minimum absolute atomic E-state index is 0.297. The van der Waals surface area contributed by atoms with Crippen LogP contribution in [0.1, 0.15) is 42.4 Å². The lowest BCUT2D eigenvalue weighted by Crippen LogP contribution is -2.24. The monoisotopic (exact) mass is 349 g/mol. The summed E-state index contributed by atoms with van der Waals surface area (Å²) in [5, 5.41) is 8.16. The Bertz CT molecular complexity index is 604. The molecule has 0 aliphatic carbocycles. The third kappa shape index (κ3) is 3.74. The van der Waals surface area contributed by atoms with Crippen LogP contribution in [0.25, 0.3) is 0 Å². The molecule has 2 rings (SSSR count). The molecule has 0 spiro atoms. The Hall–Kier alpha value is -1.13. The maximum Gasteiger partial charge on any atom is 0.0596 e. The molecule has 0 bridgehead atoms. The highest BCUT2D eigenvalue weighted by atomic mass is 79.9. The van der Waals surface area contributed by atoms with Crippen LogP contribution >= 0.6 is 15.9 Å². The largest absolute Gasteiger partial charge is 0.310 e. The Kier molecular flexibility index (Phi) is 5.59. The summed E-state index contributed by atoms with van der Waals surface area (Å²) in [5.41, 5.74) is 4.97. The summed E-state index contributed by atoms with van der Waals surface area (Å²) in [5.74, 6) is 0. The number of aryl methyl sites for hydroxylation is 3. The summed E-state index contributed by atoms with van der Waals surface area (Å²) in [6.07, 6.45) is 0.949. The van der Waals surface area contributed by atoms with E-state index in [2.05, 4.69) is 83.0 Å². The van der Waals surface area contributed by atoms with Crippen LogP contribution in [-0.2, 0) is 13.0 Å². The van der Waals surface area contributed by atoms with Gasteiger partial charge >= 0.3 is 0 Å². The molecule has 1 unspecified atom stereocenters. The quantitative estimate of drug-likeness (QED) is 0.847. The first kappa shape index (κ1) is 16.2. The zero-order chi connectivity index (χ0) is 15.4. The molecule has 114 valence electrons. The SMILES string of the molecule is CCNC(Cc1cc(C)nn1CC)c1cccc(C)c1Br. The van der Waals surface area contributed by atoms with E-state index in [1.165, 1.54) is 21.3 Å². The van der Waals surface area contributed by atoms with Crippen LogP contribution in [0.15, 0.2) is 28.7 Å². The molecule has 0 saturated carbocycles. The zero-order valence-corrected chi connectivity index (χ0v) is 14.9. The highest BCUT2D eigenvalue weighted by molar-refractivity contribution is 9.10. The standard InChI is InChI=1S/C17H24BrN3/c1-5-19-16(15-9-7-8-12(3)17(15)18)11-14-10-13(4)20-21(14)6-2/h7-10,16,19H,5-6,11H2,1-4H3. The molecule has 1 N–H and O–H groups in total. The molecule has 1 atom stereocenters. The number of hydrogen-bond acceptors (Lipinski definition) is 2. The minimum atomic E-state index is 0.297. The maximum atomic E-state index is 4.55. The number of nitrogens with one attached hydrogen (secondary N) is 1. The van der Waals surface area contributed by atoms with Gasteiger partial charge in [-0.25, -0.2) is 0 Å². The van der Waals surface area contributed by atoms with Crippen molar-refractivity contribution in [1.29, 1.82) is 0 Å². The van der Waals surface area contributed by atoms with Crippen molar-refractivity contribution < 1.29 is 0 Å². The van der Waals surface area contributed by atoms with E-state index in [1.807, 2.05) is 0 Å². The first-order chi connectivity index (χ1) is 10.1. The average Bonchev–Trinajstić information content (AvgIpc) is 2.81. The van der Waals surface area contributed by atoms with Gasteiger partial charge in [0.15, 0.2) is 0 Å².